The molecule has 0 spiro atoms. The zero-order valence-electron chi connectivity index (χ0n) is 9.85. The van der Waals surface area contributed by atoms with Crippen molar-refractivity contribution in [1.29, 1.82) is 0 Å². The van der Waals surface area contributed by atoms with Crippen LogP contribution in [0.15, 0.2) is 59.0 Å². The second-order valence-electron chi connectivity index (χ2n) is 3.85. The Hall–Kier alpha value is -2.27. The predicted molar refractivity (Wildman–Crippen MR) is 73.3 cm³/mol. The number of carbonyl (C=O) groups excluding carboxylic acids is 1. The van der Waals surface area contributed by atoms with Crippen LogP contribution in [0.25, 0.3) is 10.9 Å². The van der Waals surface area contributed by atoms with E-state index in [1.165, 1.54) is 11.8 Å². The standard InChI is InChI=1S/C14H9N3OS/c18-8-10-5-6-13(15-7-10)19-14-11-3-1-2-4-12(11)16-9-17-14/h1-9H. The molecule has 0 aliphatic carbocycles. The van der Waals surface area contributed by atoms with E-state index >= 15 is 0 Å². The molecule has 3 aromatic rings. The Morgan fingerprint density at radius 1 is 1.00 bits per heavy atom. The molecule has 0 amide bonds. The first-order chi connectivity index (χ1) is 9.36. The van der Waals surface area contributed by atoms with Crippen LogP contribution in [0.4, 0.5) is 0 Å². The van der Waals surface area contributed by atoms with Gasteiger partial charge in [0.05, 0.1) is 5.52 Å². The number of hydrogen-bond acceptors (Lipinski definition) is 5. The van der Waals surface area contributed by atoms with E-state index < -0.39 is 0 Å². The van der Waals surface area contributed by atoms with Crippen molar-refractivity contribution >= 4 is 29.0 Å². The number of pyridine rings is 1. The molecular weight excluding hydrogens is 258 g/mol. The highest BCUT2D eigenvalue weighted by atomic mass is 32.2. The van der Waals surface area contributed by atoms with Gasteiger partial charge in [-0.25, -0.2) is 15.0 Å². The first-order valence-corrected chi connectivity index (χ1v) is 6.47. The van der Waals surface area contributed by atoms with Gasteiger partial charge >= 0.3 is 0 Å². The van der Waals surface area contributed by atoms with E-state index in [9.17, 15) is 4.79 Å². The van der Waals surface area contributed by atoms with Crippen molar-refractivity contribution in [2.24, 2.45) is 0 Å². The fourth-order valence-electron chi connectivity index (χ4n) is 1.68. The van der Waals surface area contributed by atoms with Gasteiger partial charge in [-0.2, -0.15) is 0 Å². The van der Waals surface area contributed by atoms with Crippen molar-refractivity contribution in [3.05, 3.63) is 54.5 Å². The van der Waals surface area contributed by atoms with Crippen molar-refractivity contribution in [2.45, 2.75) is 10.1 Å². The predicted octanol–water partition coefficient (Wildman–Crippen LogP) is 2.99. The summed E-state index contributed by atoms with van der Waals surface area (Å²) in [6.45, 7) is 0. The van der Waals surface area contributed by atoms with E-state index in [1.54, 1.807) is 18.6 Å². The van der Waals surface area contributed by atoms with Gasteiger partial charge in [-0.15, -0.1) is 0 Å². The summed E-state index contributed by atoms with van der Waals surface area (Å²) in [5, 5.41) is 2.66. The summed E-state index contributed by atoms with van der Waals surface area (Å²) in [6, 6.07) is 11.4. The Balaban J connectivity index is 1.98. The van der Waals surface area contributed by atoms with Crippen LogP contribution in [0.5, 0.6) is 0 Å². The molecule has 92 valence electrons. The third-order valence-electron chi connectivity index (χ3n) is 2.60. The monoisotopic (exact) mass is 267 g/mol. The molecule has 0 aliphatic heterocycles. The molecule has 0 unspecified atom stereocenters. The molecule has 2 aromatic heterocycles. The van der Waals surface area contributed by atoms with Crippen LogP contribution in [0.2, 0.25) is 0 Å². The minimum Gasteiger partial charge on any atom is -0.298 e. The molecule has 0 fully saturated rings. The van der Waals surface area contributed by atoms with Crippen molar-refractivity contribution in [3.8, 4) is 0 Å². The summed E-state index contributed by atoms with van der Waals surface area (Å²) in [5.41, 5.74) is 1.47. The minimum atomic E-state index is 0.567. The van der Waals surface area contributed by atoms with Crippen LogP contribution in [0.3, 0.4) is 0 Å². The Labute approximate surface area is 113 Å². The van der Waals surface area contributed by atoms with Gasteiger partial charge in [-0.1, -0.05) is 18.2 Å². The first-order valence-electron chi connectivity index (χ1n) is 5.65. The molecule has 1 aromatic carbocycles. The van der Waals surface area contributed by atoms with Gasteiger partial charge < -0.3 is 0 Å². The quantitative estimate of drug-likeness (QED) is 0.539. The summed E-state index contributed by atoms with van der Waals surface area (Å²) in [4.78, 5) is 23.3. The number of nitrogens with zero attached hydrogens (tertiary/aromatic N) is 3. The Morgan fingerprint density at radius 2 is 1.89 bits per heavy atom. The maximum atomic E-state index is 10.6. The highest BCUT2D eigenvalue weighted by Crippen LogP contribution is 2.29. The fraction of sp³-hybridized carbons (Fsp3) is 0. The minimum absolute atomic E-state index is 0.567. The molecule has 0 N–H and O–H groups in total. The maximum Gasteiger partial charge on any atom is 0.151 e. The van der Waals surface area contributed by atoms with Gasteiger partial charge in [0, 0.05) is 17.1 Å². The van der Waals surface area contributed by atoms with Gasteiger partial charge in [0.25, 0.3) is 0 Å². The largest absolute Gasteiger partial charge is 0.298 e. The topological polar surface area (TPSA) is 55.7 Å². The van der Waals surface area contributed by atoms with Gasteiger partial charge in [0.2, 0.25) is 0 Å². The summed E-state index contributed by atoms with van der Waals surface area (Å²) in [5.74, 6) is 0. The highest BCUT2D eigenvalue weighted by Gasteiger charge is 2.05. The van der Waals surface area contributed by atoms with Crippen molar-refractivity contribution in [3.63, 3.8) is 0 Å². The van der Waals surface area contributed by atoms with E-state index in [1.807, 2.05) is 30.3 Å². The van der Waals surface area contributed by atoms with Crippen LogP contribution < -0.4 is 0 Å². The Morgan fingerprint density at radius 3 is 2.68 bits per heavy atom. The third-order valence-corrected chi connectivity index (χ3v) is 3.57. The lowest BCUT2D eigenvalue weighted by Crippen LogP contribution is -1.88. The summed E-state index contributed by atoms with van der Waals surface area (Å²) < 4.78 is 0. The van der Waals surface area contributed by atoms with Crippen molar-refractivity contribution < 1.29 is 4.79 Å². The van der Waals surface area contributed by atoms with E-state index in [2.05, 4.69) is 15.0 Å². The summed E-state index contributed by atoms with van der Waals surface area (Å²) in [6.07, 6.45) is 3.88. The lowest BCUT2D eigenvalue weighted by atomic mass is 10.2. The molecule has 19 heavy (non-hydrogen) atoms. The van der Waals surface area contributed by atoms with Crippen LogP contribution in [-0.2, 0) is 0 Å². The van der Waals surface area contributed by atoms with Gasteiger partial charge in [0.15, 0.2) is 6.29 Å². The molecule has 5 heteroatoms. The van der Waals surface area contributed by atoms with Crippen molar-refractivity contribution in [1.82, 2.24) is 15.0 Å². The molecule has 0 atom stereocenters. The van der Waals surface area contributed by atoms with E-state index in [4.69, 9.17) is 0 Å². The van der Waals surface area contributed by atoms with Crippen LogP contribution in [-0.4, -0.2) is 21.2 Å². The van der Waals surface area contributed by atoms with Crippen LogP contribution in [0.1, 0.15) is 10.4 Å². The average molecular weight is 267 g/mol. The molecule has 4 nitrogen and oxygen atoms in total. The summed E-state index contributed by atoms with van der Waals surface area (Å²) >= 11 is 1.46. The summed E-state index contributed by atoms with van der Waals surface area (Å²) in [7, 11) is 0. The van der Waals surface area contributed by atoms with E-state index in [0.717, 1.165) is 27.2 Å². The Kier molecular flexibility index (Phi) is 3.20. The molecule has 0 bridgehead atoms. The molecule has 0 aliphatic rings. The fourth-order valence-corrected chi connectivity index (χ4v) is 2.50. The zero-order valence-corrected chi connectivity index (χ0v) is 10.7. The lowest BCUT2D eigenvalue weighted by molar-refractivity contribution is 0.112. The van der Waals surface area contributed by atoms with E-state index in [-0.39, 0.29) is 0 Å². The molecule has 0 saturated heterocycles. The zero-order chi connectivity index (χ0) is 13.1. The number of fused-ring (bicyclic) bond motifs is 1. The highest BCUT2D eigenvalue weighted by molar-refractivity contribution is 7.99. The molecular formula is C14H9N3OS. The number of rotatable bonds is 3. The lowest BCUT2D eigenvalue weighted by Gasteiger charge is -2.03. The van der Waals surface area contributed by atoms with Crippen LogP contribution >= 0.6 is 11.8 Å². The van der Waals surface area contributed by atoms with E-state index in [0.29, 0.717) is 5.56 Å². The van der Waals surface area contributed by atoms with Gasteiger partial charge in [-0.05, 0) is 30.0 Å². The SMILES string of the molecule is O=Cc1ccc(Sc2ncnc3ccccc23)nc1. The second kappa shape index (κ2) is 5.16. The number of benzene rings is 1. The van der Waals surface area contributed by atoms with Gasteiger partial charge in [0.1, 0.15) is 16.4 Å². The van der Waals surface area contributed by atoms with Crippen LogP contribution in [0, 0.1) is 0 Å². The first kappa shape index (κ1) is 11.8. The molecule has 0 saturated carbocycles. The third kappa shape index (κ3) is 2.46. The molecule has 3 rings (SSSR count). The number of carbonyl (C=O) groups is 1. The number of aromatic nitrogens is 3. The molecule has 0 radical (unpaired) electrons. The number of para-hydroxylation sites is 1. The second-order valence-corrected chi connectivity index (χ2v) is 4.85. The number of aldehydes is 1. The number of hydrogen-bond donors (Lipinski definition) is 0. The smallest absolute Gasteiger partial charge is 0.151 e. The maximum absolute atomic E-state index is 10.6. The van der Waals surface area contributed by atoms with Gasteiger partial charge in [-0.3, -0.25) is 4.79 Å². The normalized spacial score (nSPS) is 10.5. The Bertz CT molecular complexity index is 723. The molecule has 2 heterocycles. The average Bonchev–Trinajstić information content (AvgIpc) is 2.48. The van der Waals surface area contributed by atoms with Crippen molar-refractivity contribution in [2.75, 3.05) is 0 Å².